The van der Waals surface area contributed by atoms with Crippen LogP contribution < -0.4 is 5.73 Å². The molecule has 0 saturated heterocycles. The van der Waals surface area contributed by atoms with Gasteiger partial charge in [-0.05, 0) is 55.9 Å². The Morgan fingerprint density at radius 3 is 2.57 bits per heavy atom. The van der Waals surface area contributed by atoms with Crippen molar-refractivity contribution in [2.24, 2.45) is 11.7 Å². The van der Waals surface area contributed by atoms with Gasteiger partial charge in [0.05, 0.1) is 0 Å². The van der Waals surface area contributed by atoms with E-state index in [1.807, 2.05) is 6.07 Å². The number of aryl methyl sites for hydroxylation is 2. The second-order valence-corrected chi connectivity index (χ2v) is 6.52. The van der Waals surface area contributed by atoms with Gasteiger partial charge in [0.2, 0.25) is 0 Å². The molecule has 3 heteroatoms. The zero-order chi connectivity index (χ0) is 15.0. The van der Waals surface area contributed by atoms with Crippen LogP contribution in [0.3, 0.4) is 0 Å². The van der Waals surface area contributed by atoms with E-state index in [9.17, 15) is 4.79 Å². The minimum atomic E-state index is -0.320. The van der Waals surface area contributed by atoms with E-state index in [1.54, 1.807) is 0 Å². The summed E-state index contributed by atoms with van der Waals surface area (Å²) in [6.07, 6.45) is 6.51. The zero-order valence-electron chi connectivity index (χ0n) is 13.0. The van der Waals surface area contributed by atoms with Crippen LogP contribution in [0, 0.1) is 19.8 Å². The second kappa shape index (κ2) is 5.55. The van der Waals surface area contributed by atoms with Crippen molar-refractivity contribution in [1.82, 2.24) is 4.57 Å². The Bertz CT molecular complexity index is 678. The first-order valence-electron chi connectivity index (χ1n) is 7.96. The molecule has 2 aromatic rings. The highest BCUT2D eigenvalue weighted by Gasteiger charge is 2.20. The van der Waals surface area contributed by atoms with E-state index in [2.05, 4.69) is 30.5 Å². The standard InChI is InChI=1S/C18H24N2O/c1-12-8-13(2)15-10-17(18(19)21)20(16(15)9-12)11-14-6-4-3-5-7-14/h8-10,14H,3-7,11H2,1-2H3,(H2,19,21). The van der Waals surface area contributed by atoms with Crippen molar-refractivity contribution in [1.29, 1.82) is 0 Å². The number of nitrogens with two attached hydrogens (primary N) is 1. The van der Waals surface area contributed by atoms with Gasteiger partial charge in [0, 0.05) is 17.4 Å². The minimum absolute atomic E-state index is 0.320. The molecule has 2 N–H and O–H groups in total. The van der Waals surface area contributed by atoms with Crippen LogP contribution in [0.2, 0.25) is 0 Å². The van der Waals surface area contributed by atoms with Gasteiger partial charge < -0.3 is 10.3 Å². The Kier molecular flexibility index (Phi) is 3.75. The molecule has 0 radical (unpaired) electrons. The quantitative estimate of drug-likeness (QED) is 0.912. The van der Waals surface area contributed by atoms with Gasteiger partial charge >= 0.3 is 0 Å². The maximum Gasteiger partial charge on any atom is 0.265 e. The third kappa shape index (κ3) is 2.69. The summed E-state index contributed by atoms with van der Waals surface area (Å²) < 4.78 is 2.16. The molecule has 1 aliphatic rings. The molecule has 1 aromatic heterocycles. The van der Waals surface area contributed by atoms with Gasteiger partial charge in [-0.3, -0.25) is 4.79 Å². The van der Waals surface area contributed by atoms with Gasteiger partial charge in [0.25, 0.3) is 5.91 Å². The van der Waals surface area contributed by atoms with Crippen molar-refractivity contribution < 1.29 is 4.79 Å². The highest BCUT2D eigenvalue weighted by atomic mass is 16.1. The molecule has 112 valence electrons. The van der Waals surface area contributed by atoms with Crippen molar-refractivity contribution in [3.05, 3.63) is 35.0 Å². The summed E-state index contributed by atoms with van der Waals surface area (Å²) in [5.74, 6) is 0.354. The maximum atomic E-state index is 11.8. The Hall–Kier alpha value is -1.77. The number of hydrogen-bond acceptors (Lipinski definition) is 1. The summed E-state index contributed by atoms with van der Waals surface area (Å²) >= 11 is 0. The average Bonchev–Trinajstić information content (AvgIpc) is 2.79. The van der Waals surface area contributed by atoms with Crippen molar-refractivity contribution >= 4 is 16.8 Å². The molecule has 0 atom stereocenters. The number of nitrogens with zero attached hydrogens (tertiary/aromatic N) is 1. The van der Waals surface area contributed by atoms with E-state index in [0.717, 1.165) is 17.4 Å². The number of rotatable bonds is 3. The van der Waals surface area contributed by atoms with Crippen molar-refractivity contribution in [3.63, 3.8) is 0 Å². The molecule has 0 spiro atoms. The van der Waals surface area contributed by atoms with Crippen molar-refractivity contribution in [3.8, 4) is 0 Å². The lowest BCUT2D eigenvalue weighted by molar-refractivity contribution is 0.0990. The fraction of sp³-hybridized carbons (Fsp3) is 0.500. The van der Waals surface area contributed by atoms with E-state index >= 15 is 0 Å². The lowest BCUT2D eigenvalue weighted by Crippen LogP contribution is -2.21. The summed E-state index contributed by atoms with van der Waals surface area (Å²) in [5, 5.41) is 1.16. The molecule has 1 aromatic carbocycles. The molecule has 21 heavy (non-hydrogen) atoms. The van der Waals surface area contributed by atoms with Gasteiger partial charge in [-0.15, -0.1) is 0 Å². The lowest BCUT2D eigenvalue weighted by atomic mass is 9.89. The van der Waals surface area contributed by atoms with Crippen LogP contribution in [0.4, 0.5) is 0 Å². The predicted octanol–water partition coefficient (Wildman–Crippen LogP) is 3.94. The second-order valence-electron chi connectivity index (χ2n) is 6.52. The SMILES string of the molecule is Cc1cc(C)c2cc(C(N)=O)n(CC3CCCCC3)c2c1. The predicted molar refractivity (Wildman–Crippen MR) is 86.5 cm³/mol. The molecular formula is C18H24N2O. The third-order valence-electron chi connectivity index (χ3n) is 4.79. The van der Waals surface area contributed by atoms with Crippen LogP contribution in [0.25, 0.3) is 10.9 Å². The maximum absolute atomic E-state index is 11.8. The Morgan fingerprint density at radius 2 is 1.90 bits per heavy atom. The fourth-order valence-corrected chi connectivity index (χ4v) is 3.74. The molecule has 0 aliphatic heterocycles. The van der Waals surface area contributed by atoms with E-state index in [1.165, 1.54) is 43.2 Å². The van der Waals surface area contributed by atoms with E-state index in [-0.39, 0.29) is 5.91 Å². The molecule has 1 amide bonds. The lowest BCUT2D eigenvalue weighted by Gasteiger charge is -2.23. The summed E-state index contributed by atoms with van der Waals surface area (Å²) in [7, 11) is 0. The van der Waals surface area contributed by atoms with Crippen molar-refractivity contribution in [2.45, 2.75) is 52.5 Å². The number of amides is 1. The number of primary amides is 1. The third-order valence-corrected chi connectivity index (χ3v) is 4.79. The summed E-state index contributed by atoms with van der Waals surface area (Å²) in [6, 6.07) is 6.31. The number of hydrogen-bond donors (Lipinski definition) is 1. The molecule has 0 unspecified atom stereocenters. The van der Waals surface area contributed by atoms with Crippen molar-refractivity contribution in [2.75, 3.05) is 0 Å². The number of benzene rings is 1. The minimum Gasteiger partial charge on any atom is -0.364 e. The molecule has 1 fully saturated rings. The van der Waals surface area contributed by atoms with Crippen LogP contribution >= 0.6 is 0 Å². The summed E-state index contributed by atoms with van der Waals surface area (Å²) in [4.78, 5) is 11.8. The average molecular weight is 284 g/mol. The smallest absolute Gasteiger partial charge is 0.265 e. The van der Waals surface area contributed by atoms with Gasteiger partial charge in [0.15, 0.2) is 0 Å². The zero-order valence-corrected chi connectivity index (χ0v) is 13.0. The normalized spacial score (nSPS) is 16.5. The first-order chi connectivity index (χ1) is 10.1. The topological polar surface area (TPSA) is 48.0 Å². The van der Waals surface area contributed by atoms with Gasteiger partial charge in [-0.25, -0.2) is 0 Å². The number of fused-ring (bicyclic) bond motifs is 1. The monoisotopic (exact) mass is 284 g/mol. The molecule has 1 saturated carbocycles. The molecule has 1 aliphatic carbocycles. The Balaban J connectivity index is 2.08. The number of carbonyl (C=O) groups excluding carboxylic acids is 1. The fourth-order valence-electron chi connectivity index (χ4n) is 3.74. The Morgan fingerprint density at radius 1 is 1.19 bits per heavy atom. The van der Waals surface area contributed by atoms with Gasteiger partial charge in [-0.1, -0.05) is 25.3 Å². The van der Waals surface area contributed by atoms with E-state index < -0.39 is 0 Å². The first-order valence-corrected chi connectivity index (χ1v) is 7.96. The van der Waals surface area contributed by atoms with Crippen LogP contribution in [0.5, 0.6) is 0 Å². The van der Waals surface area contributed by atoms with E-state index in [4.69, 9.17) is 5.73 Å². The summed E-state index contributed by atoms with van der Waals surface area (Å²) in [6.45, 7) is 5.13. The Labute approximate surface area is 126 Å². The molecule has 0 bridgehead atoms. The van der Waals surface area contributed by atoms with E-state index in [0.29, 0.717) is 11.6 Å². The molecule has 3 nitrogen and oxygen atoms in total. The number of carbonyl (C=O) groups is 1. The molecule has 1 heterocycles. The first kappa shape index (κ1) is 14.2. The largest absolute Gasteiger partial charge is 0.364 e. The highest BCUT2D eigenvalue weighted by Crippen LogP contribution is 2.30. The van der Waals surface area contributed by atoms with Crippen LogP contribution in [-0.4, -0.2) is 10.5 Å². The van der Waals surface area contributed by atoms with Crippen LogP contribution in [-0.2, 0) is 6.54 Å². The van der Waals surface area contributed by atoms with Crippen LogP contribution in [0.1, 0.15) is 53.7 Å². The molecule has 3 rings (SSSR count). The van der Waals surface area contributed by atoms with Gasteiger partial charge in [-0.2, -0.15) is 0 Å². The van der Waals surface area contributed by atoms with Crippen LogP contribution in [0.15, 0.2) is 18.2 Å². The summed E-state index contributed by atoms with van der Waals surface area (Å²) in [5.41, 5.74) is 9.88. The molecular weight excluding hydrogens is 260 g/mol. The van der Waals surface area contributed by atoms with Gasteiger partial charge in [0.1, 0.15) is 5.69 Å². The highest BCUT2D eigenvalue weighted by molar-refractivity contribution is 5.98. The number of aromatic nitrogens is 1.